The summed E-state index contributed by atoms with van der Waals surface area (Å²) in [7, 11) is 2.12. The van der Waals surface area contributed by atoms with E-state index >= 15 is 0 Å². The molecule has 1 aliphatic heterocycles. The van der Waals surface area contributed by atoms with E-state index in [1.807, 2.05) is 12.1 Å². The molecule has 0 N–H and O–H groups in total. The number of rotatable bonds is 2. The molecule has 0 amide bonds. The van der Waals surface area contributed by atoms with Crippen molar-refractivity contribution in [3.8, 4) is 0 Å². The maximum atomic E-state index is 6.30. The Bertz CT molecular complexity index is 511. The molecule has 19 heavy (non-hydrogen) atoms. The Morgan fingerprint density at radius 1 is 0.895 bits per heavy atom. The van der Waals surface area contributed by atoms with Crippen LogP contribution in [0.1, 0.15) is 29.9 Å². The van der Waals surface area contributed by atoms with E-state index < -0.39 is 0 Å². The van der Waals surface area contributed by atoms with Crippen molar-refractivity contribution in [2.75, 3.05) is 13.6 Å². The largest absolute Gasteiger partial charge is 0.351 e. The molecule has 3 rings (SSSR count). The quantitative estimate of drug-likeness (QED) is 0.807. The lowest BCUT2D eigenvalue weighted by atomic mass is 10.0. The Morgan fingerprint density at radius 3 is 2.11 bits per heavy atom. The molecule has 2 aromatic carbocycles. The second-order valence-electron chi connectivity index (χ2n) is 5.07. The van der Waals surface area contributed by atoms with Crippen LogP contribution < -0.4 is 0 Å². The summed E-state index contributed by atoms with van der Waals surface area (Å²) in [5.41, 5.74) is 2.50. The summed E-state index contributed by atoms with van der Waals surface area (Å²) in [5.74, 6) is 0. The summed E-state index contributed by atoms with van der Waals surface area (Å²) < 4.78 is 6.30. The van der Waals surface area contributed by atoms with Gasteiger partial charge in [-0.1, -0.05) is 60.7 Å². The Labute approximate surface area is 114 Å². The summed E-state index contributed by atoms with van der Waals surface area (Å²) in [6.07, 6.45) is 1.30. The molecule has 2 atom stereocenters. The van der Waals surface area contributed by atoms with Crippen molar-refractivity contribution in [3.05, 3.63) is 71.8 Å². The predicted molar refractivity (Wildman–Crippen MR) is 76.7 cm³/mol. The normalized spacial score (nSPS) is 24.3. The zero-order valence-corrected chi connectivity index (χ0v) is 11.2. The lowest BCUT2D eigenvalue weighted by molar-refractivity contribution is -0.136. The summed E-state index contributed by atoms with van der Waals surface area (Å²) in [4.78, 5) is 2.27. The molecule has 2 nitrogen and oxygen atoms in total. The van der Waals surface area contributed by atoms with E-state index in [4.69, 9.17) is 4.74 Å². The zero-order valence-electron chi connectivity index (χ0n) is 11.2. The molecule has 1 heterocycles. The number of ether oxygens (including phenoxy) is 1. The van der Waals surface area contributed by atoms with Crippen LogP contribution in [0.3, 0.4) is 0 Å². The summed E-state index contributed by atoms with van der Waals surface area (Å²) in [6.45, 7) is 1.05. The van der Waals surface area contributed by atoms with E-state index in [-0.39, 0.29) is 12.3 Å². The van der Waals surface area contributed by atoms with Gasteiger partial charge in [-0.3, -0.25) is 4.90 Å². The van der Waals surface area contributed by atoms with Gasteiger partial charge in [-0.05, 0) is 24.6 Å². The van der Waals surface area contributed by atoms with E-state index in [2.05, 4.69) is 60.5 Å². The first-order valence-electron chi connectivity index (χ1n) is 6.80. The average Bonchev–Trinajstić information content (AvgIpc) is 2.49. The van der Waals surface area contributed by atoms with Crippen LogP contribution in [0, 0.1) is 0 Å². The molecule has 1 fully saturated rings. The van der Waals surface area contributed by atoms with Crippen molar-refractivity contribution >= 4 is 0 Å². The molecule has 2 heteroatoms. The van der Waals surface area contributed by atoms with Crippen molar-refractivity contribution in [1.29, 1.82) is 0 Å². The Morgan fingerprint density at radius 2 is 1.47 bits per heavy atom. The van der Waals surface area contributed by atoms with E-state index in [9.17, 15) is 0 Å². The molecular weight excluding hydrogens is 234 g/mol. The van der Waals surface area contributed by atoms with Gasteiger partial charge in [0.15, 0.2) is 0 Å². The molecule has 2 aromatic rings. The number of hydrogen-bond acceptors (Lipinski definition) is 2. The second kappa shape index (κ2) is 5.55. The van der Waals surface area contributed by atoms with Crippen LogP contribution >= 0.6 is 0 Å². The van der Waals surface area contributed by atoms with Crippen LogP contribution in [0.15, 0.2) is 60.7 Å². The first-order chi connectivity index (χ1) is 9.34. The van der Waals surface area contributed by atoms with Gasteiger partial charge in [-0.15, -0.1) is 0 Å². The van der Waals surface area contributed by atoms with Gasteiger partial charge in [0.25, 0.3) is 0 Å². The lowest BCUT2D eigenvalue weighted by Gasteiger charge is -2.37. The minimum absolute atomic E-state index is 0.0557. The maximum Gasteiger partial charge on any atom is 0.137 e. The van der Waals surface area contributed by atoms with Gasteiger partial charge in [-0.25, -0.2) is 0 Å². The molecule has 98 valence electrons. The van der Waals surface area contributed by atoms with Gasteiger partial charge in [0, 0.05) is 6.54 Å². The van der Waals surface area contributed by atoms with E-state index in [1.165, 1.54) is 11.1 Å². The fourth-order valence-corrected chi connectivity index (χ4v) is 2.63. The van der Waals surface area contributed by atoms with Crippen LogP contribution in [0.4, 0.5) is 0 Å². The predicted octanol–water partition coefficient (Wildman–Crippen LogP) is 3.78. The van der Waals surface area contributed by atoms with Gasteiger partial charge in [0.1, 0.15) is 6.23 Å². The van der Waals surface area contributed by atoms with Crippen molar-refractivity contribution in [1.82, 2.24) is 4.90 Å². The maximum absolute atomic E-state index is 6.30. The first-order valence-corrected chi connectivity index (χ1v) is 6.80. The molecule has 0 aliphatic carbocycles. The fraction of sp³-hybridized carbons (Fsp3) is 0.294. The van der Waals surface area contributed by atoms with Crippen LogP contribution in [0.25, 0.3) is 0 Å². The summed E-state index contributed by atoms with van der Waals surface area (Å²) in [5, 5.41) is 0. The van der Waals surface area contributed by atoms with Gasteiger partial charge in [-0.2, -0.15) is 0 Å². The molecule has 0 bridgehead atoms. The molecule has 0 saturated carbocycles. The Balaban J connectivity index is 1.82. The van der Waals surface area contributed by atoms with Crippen LogP contribution in [0.5, 0.6) is 0 Å². The van der Waals surface area contributed by atoms with Crippen LogP contribution in [-0.4, -0.2) is 18.5 Å². The zero-order chi connectivity index (χ0) is 13.1. The number of nitrogens with zero attached hydrogens (tertiary/aromatic N) is 1. The molecule has 1 saturated heterocycles. The van der Waals surface area contributed by atoms with Gasteiger partial charge >= 0.3 is 0 Å². The van der Waals surface area contributed by atoms with Gasteiger partial charge < -0.3 is 4.74 Å². The highest BCUT2D eigenvalue weighted by Gasteiger charge is 2.28. The molecule has 0 spiro atoms. The monoisotopic (exact) mass is 253 g/mol. The first kappa shape index (κ1) is 12.4. The average molecular weight is 253 g/mol. The molecule has 2 unspecified atom stereocenters. The fourth-order valence-electron chi connectivity index (χ4n) is 2.63. The second-order valence-corrected chi connectivity index (χ2v) is 5.07. The minimum Gasteiger partial charge on any atom is -0.351 e. The smallest absolute Gasteiger partial charge is 0.137 e. The van der Waals surface area contributed by atoms with Crippen LogP contribution in [0.2, 0.25) is 0 Å². The topological polar surface area (TPSA) is 12.5 Å². The van der Waals surface area contributed by atoms with Gasteiger partial charge in [0.2, 0.25) is 0 Å². The lowest BCUT2D eigenvalue weighted by Crippen LogP contribution is -2.35. The third kappa shape index (κ3) is 2.70. The van der Waals surface area contributed by atoms with E-state index in [0.29, 0.717) is 0 Å². The molecule has 0 radical (unpaired) electrons. The standard InChI is InChI=1S/C17H19NO/c1-18-13-12-16(14-8-4-2-5-9-14)19-17(18)15-10-6-3-7-11-15/h2-11,16-17H,12-13H2,1H3. The summed E-state index contributed by atoms with van der Waals surface area (Å²) >= 11 is 0. The molecule has 1 aliphatic rings. The highest BCUT2D eigenvalue weighted by Crippen LogP contribution is 2.35. The van der Waals surface area contributed by atoms with Crippen molar-refractivity contribution in [2.45, 2.75) is 18.8 Å². The Hall–Kier alpha value is -1.64. The summed E-state index contributed by atoms with van der Waals surface area (Å²) in [6, 6.07) is 21.0. The van der Waals surface area contributed by atoms with Crippen molar-refractivity contribution in [3.63, 3.8) is 0 Å². The van der Waals surface area contributed by atoms with Crippen molar-refractivity contribution < 1.29 is 4.74 Å². The van der Waals surface area contributed by atoms with Crippen molar-refractivity contribution in [2.24, 2.45) is 0 Å². The van der Waals surface area contributed by atoms with E-state index in [0.717, 1.165) is 13.0 Å². The molecular formula is C17H19NO. The number of hydrogen-bond donors (Lipinski definition) is 0. The van der Waals surface area contributed by atoms with E-state index in [1.54, 1.807) is 0 Å². The molecule has 0 aromatic heterocycles. The van der Waals surface area contributed by atoms with Crippen LogP contribution in [-0.2, 0) is 4.74 Å². The Kier molecular flexibility index (Phi) is 3.62. The SMILES string of the molecule is CN1CCC(c2ccccc2)OC1c1ccccc1. The highest BCUT2D eigenvalue weighted by atomic mass is 16.5. The highest BCUT2D eigenvalue weighted by molar-refractivity contribution is 5.21. The minimum atomic E-state index is 0.0557. The third-order valence-corrected chi connectivity index (χ3v) is 3.69. The number of benzene rings is 2. The van der Waals surface area contributed by atoms with Gasteiger partial charge in [0.05, 0.1) is 6.10 Å². The third-order valence-electron chi connectivity index (χ3n) is 3.69.